The van der Waals surface area contributed by atoms with Crippen molar-refractivity contribution in [3.63, 3.8) is 0 Å². The maximum atomic E-state index is 12.7. The highest BCUT2D eigenvalue weighted by Crippen LogP contribution is 2.20. The van der Waals surface area contributed by atoms with E-state index in [2.05, 4.69) is 20.0 Å². The van der Waals surface area contributed by atoms with Crippen LogP contribution in [-0.2, 0) is 10.0 Å². The van der Waals surface area contributed by atoms with E-state index in [1.807, 2.05) is 13.0 Å². The number of amides is 1. The van der Waals surface area contributed by atoms with E-state index in [1.54, 1.807) is 36.4 Å². The van der Waals surface area contributed by atoms with Crippen LogP contribution in [0.5, 0.6) is 0 Å². The zero-order valence-corrected chi connectivity index (χ0v) is 16.7. The number of sulfonamides is 1. The molecule has 9 heteroatoms. The van der Waals surface area contributed by atoms with E-state index >= 15 is 0 Å². The summed E-state index contributed by atoms with van der Waals surface area (Å²) in [4.78, 5) is 29.2. The lowest BCUT2D eigenvalue weighted by Gasteiger charge is -2.10. The van der Waals surface area contributed by atoms with Gasteiger partial charge in [0.15, 0.2) is 0 Å². The smallest absolute Gasteiger partial charge is 0.322 e. The van der Waals surface area contributed by atoms with E-state index in [9.17, 15) is 18.0 Å². The summed E-state index contributed by atoms with van der Waals surface area (Å²) < 4.78 is 27.9. The first-order valence-corrected chi connectivity index (χ1v) is 10.5. The molecule has 0 radical (unpaired) electrons. The van der Waals surface area contributed by atoms with Gasteiger partial charge in [0.2, 0.25) is 0 Å². The van der Waals surface area contributed by atoms with Crippen LogP contribution in [0.2, 0.25) is 0 Å². The molecular formula is C21H18N4O4S. The van der Waals surface area contributed by atoms with Gasteiger partial charge in [-0.1, -0.05) is 18.2 Å². The van der Waals surface area contributed by atoms with Crippen molar-refractivity contribution in [3.8, 4) is 0 Å². The molecule has 3 aromatic carbocycles. The molecule has 30 heavy (non-hydrogen) atoms. The third-order valence-corrected chi connectivity index (χ3v) is 5.83. The second-order valence-corrected chi connectivity index (χ2v) is 8.48. The molecule has 152 valence electrons. The Balaban J connectivity index is 1.56. The van der Waals surface area contributed by atoms with Gasteiger partial charge in [0, 0.05) is 16.9 Å². The fourth-order valence-electron chi connectivity index (χ4n) is 3.04. The minimum atomic E-state index is -3.86. The summed E-state index contributed by atoms with van der Waals surface area (Å²) in [5, 5.41) is 2.71. The molecule has 0 fully saturated rings. The number of hydrogen-bond donors (Lipinski definition) is 4. The molecule has 0 spiro atoms. The third kappa shape index (κ3) is 4.11. The van der Waals surface area contributed by atoms with Crippen molar-refractivity contribution in [2.75, 3.05) is 10.0 Å². The van der Waals surface area contributed by atoms with Gasteiger partial charge in [-0.25, -0.2) is 13.2 Å². The summed E-state index contributed by atoms with van der Waals surface area (Å²) in [7, 11) is -3.86. The van der Waals surface area contributed by atoms with E-state index in [-0.39, 0.29) is 16.1 Å². The Morgan fingerprint density at radius 3 is 2.43 bits per heavy atom. The monoisotopic (exact) mass is 422 g/mol. The number of carbonyl (C=O) groups is 1. The van der Waals surface area contributed by atoms with Gasteiger partial charge in [-0.3, -0.25) is 9.52 Å². The predicted molar refractivity (Wildman–Crippen MR) is 115 cm³/mol. The number of anilines is 2. The van der Waals surface area contributed by atoms with Gasteiger partial charge in [0.1, 0.15) is 0 Å². The summed E-state index contributed by atoms with van der Waals surface area (Å²) in [6, 6.07) is 17.7. The molecule has 1 amide bonds. The number of H-pyrrole nitrogens is 2. The van der Waals surface area contributed by atoms with Crippen LogP contribution in [0.25, 0.3) is 11.0 Å². The van der Waals surface area contributed by atoms with Crippen LogP contribution < -0.4 is 15.7 Å². The standard InChI is InChI=1S/C21H18N4O4S/c1-13-4-2-6-16(10-13)25-30(28,29)17-7-3-5-14(11-17)20(26)22-15-8-9-18-19(12-15)24-21(27)23-18/h2-12,25H,1H3,(H,22,26)(H2,23,24,27). The van der Waals surface area contributed by atoms with Crippen molar-refractivity contribution >= 4 is 38.3 Å². The fraction of sp³-hybridized carbons (Fsp3) is 0.0476. The molecule has 1 heterocycles. The van der Waals surface area contributed by atoms with Crippen LogP contribution >= 0.6 is 0 Å². The Morgan fingerprint density at radius 2 is 1.63 bits per heavy atom. The molecule has 0 saturated carbocycles. The van der Waals surface area contributed by atoms with Crippen LogP contribution in [0, 0.1) is 6.92 Å². The SMILES string of the molecule is Cc1cccc(NS(=O)(=O)c2cccc(C(=O)Nc3ccc4[nH]c(=O)[nH]c4c3)c2)c1. The second kappa shape index (κ2) is 7.53. The summed E-state index contributed by atoms with van der Waals surface area (Å²) in [6.07, 6.45) is 0. The molecule has 4 aromatic rings. The van der Waals surface area contributed by atoms with Gasteiger partial charge in [0.25, 0.3) is 15.9 Å². The van der Waals surface area contributed by atoms with Crippen molar-refractivity contribution < 1.29 is 13.2 Å². The molecule has 4 rings (SSSR count). The molecule has 0 aliphatic rings. The van der Waals surface area contributed by atoms with Crippen molar-refractivity contribution in [1.82, 2.24) is 9.97 Å². The Morgan fingerprint density at radius 1 is 0.867 bits per heavy atom. The molecule has 0 bridgehead atoms. The highest BCUT2D eigenvalue weighted by atomic mass is 32.2. The Labute approximate surface area is 172 Å². The number of aryl methyl sites for hydroxylation is 1. The molecule has 0 aliphatic carbocycles. The lowest BCUT2D eigenvalue weighted by molar-refractivity contribution is 0.102. The predicted octanol–water partition coefficient (Wildman–Crippen LogP) is 3.22. The number of benzene rings is 3. The second-order valence-electron chi connectivity index (χ2n) is 6.80. The lowest BCUT2D eigenvalue weighted by Crippen LogP contribution is -2.16. The number of fused-ring (bicyclic) bond motifs is 1. The van der Waals surface area contributed by atoms with Gasteiger partial charge in [-0.15, -0.1) is 0 Å². The van der Waals surface area contributed by atoms with E-state index in [1.165, 1.54) is 24.3 Å². The topological polar surface area (TPSA) is 124 Å². The average Bonchev–Trinajstić information content (AvgIpc) is 3.07. The lowest BCUT2D eigenvalue weighted by atomic mass is 10.2. The molecule has 0 atom stereocenters. The maximum absolute atomic E-state index is 12.7. The number of imidazole rings is 1. The molecule has 0 saturated heterocycles. The fourth-order valence-corrected chi connectivity index (χ4v) is 4.14. The van der Waals surface area contributed by atoms with E-state index in [0.717, 1.165) is 5.56 Å². The third-order valence-electron chi connectivity index (χ3n) is 4.45. The molecule has 0 aliphatic heterocycles. The summed E-state index contributed by atoms with van der Waals surface area (Å²) in [5.41, 5.74) is 2.85. The highest BCUT2D eigenvalue weighted by molar-refractivity contribution is 7.92. The van der Waals surface area contributed by atoms with E-state index in [0.29, 0.717) is 22.4 Å². The number of aromatic amines is 2. The van der Waals surface area contributed by atoms with Crippen molar-refractivity contribution in [1.29, 1.82) is 0 Å². The number of carbonyl (C=O) groups excluding carboxylic acids is 1. The first kappa shape index (κ1) is 19.5. The first-order chi connectivity index (χ1) is 14.3. The zero-order chi connectivity index (χ0) is 21.3. The first-order valence-electron chi connectivity index (χ1n) is 9.03. The molecule has 4 N–H and O–H groups in total. The van der Waals surface area contributed by atoms with Crippen molar-refractivity contribution in [2.24, 2.45) is 0 Å². The van der Waals surface area contributed by atoms with Gasteiger partial charge in [-0.2, -0.15) is 0 Å². The maximum Gasteiger partial charge on any atom is 0.323 e. The van der Waals surface area contributed by atoms with Crippen molar-refractivity contribution in [3.05, 3.63) is 88.3 Å². The summed E-state index contributed by atoms with van der Waals surface area (Å²) in [5.74, 6) is -0.472. The number of nitrogens with one attached hydrogen (secondary N) is 4. The van der Waals surface area contributed by atoms with Gasteiger partial charge >= 0.3 is 5.69 Å². The summed E-state index contributed by atoms with van der Waals surface area (Å²) in [6.45, 7) is 1.86. The average molecular weight is 422 g/mol. The zero-order valence-electron chi connectivity index (χ0n) is 15.9. The Kier molecular flexibility index (Phi) is 4.88. The van der Waals surface area contributed by atoms with Crippen LogP contribution in [-0.4, -0.2) is 24.3 Å². The van der Waals surface area contributed by atoms with E-state index in [4.69, 9.17) is 0 Å². The van der Waals surface area contributed by atoms with Gasteiger partial charge in [-0.05, 0) is 61.0 Å². The van der Waals surface area contributed by atoms with E-state index < -0.39 is 15.9 Å². The van der Waals surface area contributed by atoms with Crippen LogP contribution in [0.4, 0.5) is 11.4 Å². The largest absolute Gasteiger partial charge is 0.323 e. The quantitative estimate of drug-likeness (QED) is 0.394. The van der Waals surface area contributed by atoms with Gasteiger partial charge < -0.3 is 15.3 Å². The minimum Gasteiger partial charge on any atom is -0.322 e. The number of rotatable bonds is 5. The van der Waals surface area contributed by atoms with Gasteiger partial charge in [0.05, 0.1) is 15.9 Å². The number of aromatic nitrogens is 2. The minimum absolute atomic E-state index is 0.0259. The summed E-state index contributed by atoms with van der Waals surface area (Å²) >= 11 is 0. The van der Waals surface area contributed by atoms with Crippen LogP contribution in [0.15, 0.2) is 76.4 Å². The molecule has 1 aromatic heterocycles. The molecule has 8 nitrogen and oxygen atoms in total. The van der Waals surface area contributed by atoms with Crippen LogP contribution in [0.3, 0.4) is 0 Å². The molecular weight excluding hydrogens is 404 g/mol. The van der Waals surface area contributed by atoms with Crippen LogP contribution in [0.1, 0.15) is 15.9 Å². The van der Waals surface area contributed by atoms with Crippen molar-refractivity contribution in [2.45, 2.75) is 11.8 Å². The number of hydrogen-bond acceptors (Lipinski definition) is 4. The highest BCUT2D eigenvalue weighted by Gasteiger charge is 2.17. The normalized spacial score (nSPS) is 11.4. The Hall–Kier alpha value is -3.85. The Bertz CT molecular complexity index is 1420. The molecule has 0 unspecified atom stereocenters.